The minimum absolute atomic E-state index is 0.0797. The van der Waals surface area contributed by atoms with E-state index in [2.05, 4.69) is 0 Å². The van der Waals surface area contributed by atoms with Gasteiger partial charge in [-0.1, -0.05) is 53.5 Å². The van der Waals surface area contributed by atoms with E-state index >= 15 is 0 Å². The minimum atomic E-state index is 0.0797. The molecule has 0 bridgehead atoms. The van der Waals surface area contributed by atoms with Gasteiger partial charge >= 0.3 is 0 Å². The van der Waals surface area contributed by atoms with Gasteiger partial charge in [-0.3, -0.25) is 4.79 Å². The average Bonchev–Trinajstić information content (AvgIpc) is 2.34. The Labute approximate surface area is 116 Å². The van der Waals surface area contributed by atoms with Gasteiger partial charge in [-0.05, 0) is 36.6 Å². The van der Waals surface area contributed by atoms with Gasteiger partial charge in [-0.25, -0.2) is 0 Å². The molecule has 0 saturated carbocycles. The Balaban J connectivity index is 2.18. The van der Waals surface area contributed by atoms with Crippen LogP contribution >= 0.6 is 23.2 Å². The summed E-state index contributed by atoms with van der Waals surface area (Å²) in [5.41, 5.74) is 2.96. The highest BCUT2D eigenvalue weighted by atomic mass is 35.5. The number of Topliss-reactive ketones (excluding diaryl/α,β-unsaturated/α-hetero) is 1. The fraction of sp³-hybridized carbons (Fsp3) is 0.133. The van der Waals surface area contributed by atoms with Gasteiger partial charge in [0.2, 0.25) is 0 Å². The van der Waals surface area contributed by atoms with Gasteiger partial charge in [-0.15, -0.1) is 0 Å². The summed E-state index contributed by atoms with van der Waals surface area (Å²) in [6.45, 7) is 1.56. The van der Waals surface area contributed by atoms with E-state index in [-0.39, 0.29) is 5.78 Å². The zero-order chi connectivity index (χ0) is 13.1. The van der Waals surface area contributed by atoms with Crippen LogP contribution in [0.25, 0.3) is 0 Å². The smallest absolute Gasteiger partial charge is 0.159 e. The summed E-state index contributed by atoms with van der Waals surface area (Å²) in [6, 6.07) is 13.2. The van der Waals surface area contributed by atoms with Crippen molar-refractivity contribution < 1.29 is 4.79 Å². The van der Waals surface area contributed by atoms with Crippen molar-refractivity contribution in [2.45, 2.75) is 13.3 Å². The van der Waals surface area contributed by atoms with Crippen LogP contribution in [-0.4, -0.2) is 5.78 Å². The minimum Gasteiger partial charge on any atom is -0.295 e. The number of rotatable bonds is 3. The number of hydrogen-bond donors (Lipinski definition) is 0. The van der Waals surface area contributed by atoms with Crippen molar-refractivity contribution in [1.29, 1.82) is 0 Å². The van der Waals surface area contributed by atoms with E-state index in [1.165, 1.54) is 0 Å². The number of hydrogen-bond acceptors (Lipinski definition) is 1. The van der Waals surface area contributed by atoms with Crippen molar-refractivity contribution in [1.82, 2.24) is 0 Å². The first-order valence-electron chi connectivity index (χ1n) is 5.60. The highest BCUT2D eigenvalue weighted by Crippen LogP contribution is 2.23. The predicted molar refractivity (Wildman–Crippen MR) is 75.7 cm³/mol. The lowest BCUT2D eigenvalue weighted by Gasteiger charge is -2.04. The van der Waals surface area contributed by atoms with Gasteiger partial charge in [0.05, 0.1) is 10.0 Å². The van der Waals surface area contributed by atoms with Gasteiger partial charge in [-0.2, -0.15) is 0 Å². The Morgan fingerprint density at radius 1 is 0.944 bits per heavy atom. The van der Waals surface area contributed by atoms with Gasteiger partial charge in [0.25, 0.3) is 0 Å². The summed E-state index contributed by atoms with van der Waals surface area (Å²) in [5.74, 6) is 0.0797. The summed E-state index contributed by atoms with van der Waals surface area (Å²) < 4.78 is 0. The molecule has 2 rings (SSSR count). The molecule has 0 radical (unpaired) electrons. The maximum Gasteiger partial charge on any atom is 0.159 e. The van der Waals surface area contributed by atoms with Crippen molar-refractivity contribution in [3.63, 3.8) is 0 Å². The molecular weight excluding hydrogens is 267 g/mol. The predicted octanol–water partition coefficient (Wildman–Crippen LogP) is 4.79. The number of carbonyl (C=O) groups is 1. The Morgan fingerprint density at radius 2 is 1.56 bits per heavy atom. The topological polar surface area (TPSA) is 17.1 Å². The molecule has 18 heavy (non-hydrogen) atoms. The number of benzene rings is 2. The quantitative estimate of drug-likeness (QED) is 0.738. The highest BCUT2D eigenvalue weighted by Gasteiger charge is 2.02. The van der Waals surface area contributed by atoms with Crippen LogP contribution in [-0.2, 0) is 6.42 Å². The Morgan fingerprint density at radius 3 is 2.11 bits per heavy atom. The molecule has 2 aromatic carbocycles. The van der Waals surface area contributed by atoms with Crippen molar-refractivity contribution >= 4 is 29.0 Å². The molecule has 2 aromatic rings. The molecule has 1 nitrogen and oxygen atoms in total. The van der Waals surface area contributed by atoms with E-state index in [0.717, 1.165) is 23.1 Å². The van der Waals surface area contributed by atoms with Crippen molar-refractivity contribution in [2.75, 3.05) is 0 Å². The molecule has 0 saturated heterocycles. The molecule has 0 aliphatic rings. The zero-order valence-corrected chi connectivity index (χ0v) is 11.4. The monoisotopic (exact) mass is 278 g/mol. The van der Waals surface area contributed by atoms with Gasteiger partial charge < -0.3 is 0 Å². The van der Waals surface area contributed by atoms with Crippen LogP contribution in [0.5, 0.6) is 0 Å². The molecular formula is C15H12Cl2O. The average molecular weight is 279 g/mol. The summed E-state index contributed by atoms with van der Waals surface area (Å²) in [6.07, 6.45) is 0.773. The summed E-state index contributed by atoms with van der Waals surface area (Å²) in [5, 5.41) is 1.13. The van der Waals surface area contributed by atoms with Crippen molar-refractivity contribution in [3.8, 4) is 0 Å². The molecule has 0 unspecified atom stereocenters. The SMILES string of the molecule is CC(=O)c1ccc(Cc2ccc(Cl)c(Cl)c2)cc1. The Bertz CT molecular complexity index is 574. The molecule has 0 spiro atoms. The number of halogens is 2. The third-order valence-corrected chi connectivity index (χ3v) is 3.49. The van der Waals surface area contributed by atoms with E-state index in [9.17, 15) is 4.79 Å². The molecule has 0 atom stereocenters. The molecule has 0 aliphatic heterocycles. The van der Waals surface area contributed by atoms with E-state index in [1.54, 1.807) is 13.0 Å². The maximum atomic E-state index is 11.2. The van der Waals surface area contributed by atoms with Crippen LogP contribution in [0.2, 0.25) is 10.0 Å². The van der Waals surface area contributed by atoms with E-state index in [1.807, 2.05) is 36.4 Å². The second-order valence-electron chi connectivity index (χ2n) is 4.18. The number of ketones is 1. The Hall–Kier alpha value is -1.31. The van der Waals surface area contributed by atoms with E-state index in [4.69, 9.17) is 23.2 Å². The second kappa shape index (κ2) is 5.55. The van der Waals surface area contributed by atoms with Crippen molar-refractivity contribution in [2.24, 2.45) is 0 Å². The van der Waals surface area contributed by atoms with Crippen molar-refractivity contribution in [3.05, 3.63) is 69.2 Å². The summed E-state index contributed by atoms with van der Waals surface area (Å²) >= 11 is 11.8. The van der Waals surface area contributed by atoms with E-state index < -0.39 is 0 Å². The Kier molecular flexibility index (Phi) is 4.05. The normalized spacial score (nSPS) is 10.4. The van der Waals surface area contributed by atoms with Crippen LogP contribution in [0.4, 0.5) is 0 Å². The number of carbonyl (C=O) groups excluding carboxylic acids is 1. The third kappa shape index (κ3) is 3.12. The summed E-state index contributed by atoms with van der Waals surface area (Å²) in [4.78, 5) is 11.2. The fourth-order valence-corrected chi connectivity index (χ4v) is 2.06. The molecule has 0 aliphatic carbocycles. The van der Waals surface area contributed by atoms with Crippen LogP contribution in [0.1, 0.15) is 28.4 Å². The highest BCUT2D eigenvalue weighted by molar-refractivity contribution is 6.42. The largest absolute Gasteiger partial charge is 0.295 e. The third-order valence-electron chi connectivity index (χ3n) is 2.75. The summed E-state index contributed by atoms with van der Waals surface area (Å²) in [7, 11) is 0. The van der Waals surface area contributed by atoms with Crippen LogP contribution < -0.4 is 0 Å². The van der Waals surface area contributed by atoms with Crippen LogP contribution in [0.3, 0.4) is 0 Å². The van der Waals surface area contributed by atoms with Crippen LogP contribution in [0, 0.1) is 0 Å². The molecule has 0 fully saturated rings. The lowest BCUT2D eigenvalue weighted by Crippen LogP contribution is -1.93. The molecule has 3 heteroatoms. The lowest BCUT2D eigenvalue weighted by molar-refractivity contribution is 0.101. The molecule has 0 heterocycles. The first-order valence-corrected chi connectivity index (χ1v) is 6.35. The first kappa shape index (κ1) is 13.1. The zero-order valence-electron chi connectivity index (χ0n) is 9.91. The van der Waals surface area contributed by atoms with Gasteiger partial charge in [0.1, 0.15) is 0 Å². The fourth-order valence-electron chi connectivity index (χ4n) is 1.74. The first-order chi connectivity index (χ1) is 8.56. The molecule has 0 aromatic heterocycles. The maximum absolute atomic E-state index is 11.2. The molecule has 0 N–H and O–H groups in total. The molecule has 0 amide bonds. The van der Waals surface area contributed by atoms with Gasteiger partial charge in [0.15, 0.2) is 5.78 Å². The second-order valence-corrected chi connectivity index (χ2v) is 4.99. The molecule has 92 valence electrons. The standard InChI is InChI=1S/C15H12Cl2O/c1-10(18)13-5-2-11(3-6-13)8-12-4-7-14(16)15(17)9-12/h2-7,9H,8H2,1H3. The van der Waals surface area contributed by atoms with Crippen LogP contribution in [0.15, 0.2) is 42.5 Å². The van der Waals surface area contributed by atoms with Gasteiger partial charge in [0, 0.05) is 5.56 Å². The lowest BCUT2D eigenvalue weighted by atomic mass is 10.0. The van der Waals surface area contributed by atoms with E-state index in [0.29, 0.717) is 10.0 Å².